The molecule has 0 amide bonds. The minimum absolute atomic E-state index is 1.03. The summed E-state index contributed by atoms with van der Waals surface area (Å²) >= 11 is 0. The van der Waals surface area contributed by atoms with Crippen LogP contribution >= 0.6 is 0 Å². The average molecular weight is 577 g/mol. The maximum absolute atomic E-state index is 4.19. The number of hydrogen-bond acceptors (Lipinski definition) is 1. The smallest absolute Gasteiger partial charge is 0.0550 e. The second kappa shape index (κ2) is 10.6. The van der Waals surface area contributed by atoms with Gasteiger partial charge >= 0.3 is 0 Å². The van der Waals surface area contributed by atoms with Gasteiger partial charge in [-0.15, -0.1) is 0 Å². The Labute approximate surface area is 263 Å². The van der Waals surface area contributed by atoms with Crippen LogP contribution in [0.2, 0.25) is 0 Å². The minimum atomic E-state index is 1.03. The number of pyridine rings is 1. The van der Waals surface area contributed by atoms with E-state index in [1.165, 1.54) is 83.1 Å². The van der Waals surface area contributed by atoms with Crippen molar-refractivity contribution in [3.63, 3.8) is 0 Å². The van der Waals surface area contributed by atoms with Crippen molar-refractivity contribution in [2.45, 2.75) is 25.7 Å². The van der Waals surface area contributed by atoms with Crippen molar-refractivity contribution < 1.29 is 0 Å². The van der Waals surface area contributed by atoms with Crippen molar-refractivity contribution in [2.24, 2.45) is 0 Å². The van der Waals surface area contributed by atoms with E-state index in [0.717, 1.165) is 25.7 Å². The molecule has 45 heavy (non-hydrogen) atoms. The zero-order valence-corrected chi connectivity index (χ0v) is 25.1. The Morgan fingerprint density at radius 3 is 2.18 bits per heavy atom. The minimum Gasteiger partial charge on any atom is -0.310 e. The number of para-hydroxylation sites is 1. The number of nitrogens with zero attached hydrogens (tertiary/aromatic N) is 2. The van der Waals surface area contributed by atoms with E-state index in [1.54, 1.807) is 0 Å². The molecule has 2 heteroatoms. The molecule has 0 aliphatic heterocycles. The molecule has 2 aliphatic rings. The molecule has 0 radical (unpaired) electrons. The second-order valence-electron chi connectivity index (χ2n) is 12.2. The third-order valence-corrected chi connectivity index (χ3v) is 9.69. The summed E-state index contributed by atoms with van der Waals surface area (Å²) in [6, 6.07) is 42.5. The van der Waals surface area contributed by atoms with Crippen LogP contribution in [-0.2, 0) is 12.8 Å². The lowest BCUT2D eigenvalue weighted by atomic mass is 9.87. The Morgan fingerprint density at radius 1 is 0.600 bits per heavy atom. The van der Waals surface area contributed by atoms with Gasteiger partial charge in [0, 0.05) is 23.5 Å². The Morgan fingerprint density at radius 2 is 1.33 bits per heavy atom. The molecule has 0 saturated carbocycles. The Hall–Kier alpha value is -5.47. The topological polar surface area (TPSA) is 17.8 Å². The maximum atomic E-state index is 4.19. The third kappa shape index (κ3) is 4.37. The van der Waals surface area contributed by atoms with E-state index in [-0.39, 0.29) is 0 Å². The van der Waals surface area contributed by atoms with Crippen molar-refractivity contribution in [3.8, 4) is 27.9 Å². The average Bonchev–Trinajstić information content (AvgIpc) is 3.45. The Kier molecular flexibility index (Phi) is 6.12. The molecule has 0 atom stereocenters. The predicted molar refractivity (Wildman–Crippen MR) is 189 cm³/mol. The highest BCUT2D eigenvalue weighted by Gasteiger charge is 2.25. The molecule has 9 rings (SSSR count). The van der Waals surface area contributed by atoms with Gasteiger partial charge in [0.2, 0.25) is 0 Å². The van der Waals surface area contributed by atoms with Gasteiger partial charge in [-0.25, -0.2) is 0 Å². The molecule has 214 valence electrons. The van der Waals surface area contributed by atoms with Crippen LogP contribution in [0.3, 0.4) is 0 Å². The standard InChI is InChI=1S/C43H32N2/c1-2-10-36(11-3-1)45-41-27-35(34-19-16-29-8-4-5-9-33(29)26-34)20-21-39(41)43-38-13-7-6-12-37(38)40(28-42(43)45)32-17-14-30(15-18-32)31-22-24-44-25-23-31/h1-4,6-8,10-19,22-28H,5,9,20-21H2. The van der Waals surface area contributed by atoms with Crippen LogP contribution in [0.1, 0.15) is 40.8 Å². The monoisotopic (exact) mass is 576 g/mol. The fourth-order valence-corrected chi connectivity index (χ4v) is 7.49. The van der Waals surface area contributed by atoms with E-state index >= 15 is 0 Å². The first-order valence-corrected chi connectivity index (χ1v) is 16.0. The number of benzene rings is 5. The number of aromatic nitrogens is 2. The summed E-state index contributed by atoms with van der Waals surface area (Å²) in [4.78, 5) is 4.19. The number of rotatable bonds is 4. The molecule has 5 aromatic carbocycles. The molecular formula is C43H32N2. The van der Waals surface area contributed by atoms with E-state index in [2.05, 4.69) is 143 Å². The van der Waals surface area contributed by atoms with Gasteiger partial charge in [0.15, 0.2) is 0 Å². The number of fused-ring (bicyclic) bond motifs is 6. The number of allylic oxidation sites excluding steroid dienone is 2. The van der Waals surface area contributed by atoms with Crippen LogP contribution in [0.25, 0.3) is 67.3 Å². The summed E-state index contributed by atoms with van der Waals surface area (Å²) < 4.78 is 2.51. The first-order chi connectivity index (χ1) is 22.3. The van der Waals surface area contributed by atoms with Crippen LogP contribution < -0.4 is 0 Å². The first kappa shape index (κ1) is 26.0. The highest BCUT2D eigenvalue weighted by atomic mass is 15.0. The molecule has 0 spiro atoms. The van der Waals surface area contributed by atoms with Gasteiger partial charge in [0.05, 0.1) is 11.2 Å². The molecule has 0 N–H and O–H groups in total. The van der Waals surface area contributed by atoms with Gasteiger partial charge < -0.3 is 4.57 Å². The lowest BCUT2D eigenvalue weighted by Gasteiger charge is -2.19. The Balaban J connectivity index is 1.27. The lowest BCUT2D eigenvalue weighted by molar-refractivity contribution is 0.970. The van der Waals surface area contributed by atoms with Crippen LogP contribution in [0, 0.1) is 0 Å². The largest absolute Gasteiger partial charge is 0.310 e. The van der Waals surface area contributed by atoms with Gasteiger partial charge in [-0.2, -0.15) is 0 Å². The summed E-state index contributed by atoms with van der Waals surface area (Å²) in [7, 11) is 0. The van der Waals surface area contributed by atoms with Crippen LogP contribution in [-0.4, -0.2) is 9.55 Å². The molecular weight excluding hydrogens is 544 g/mol. The summed E-state index contributed by atoms with van der Waals surface area (Å²) in [6.45, 7) is 0. The summed E-state index contributed by atoms with van der Waals surface area (Å²) in [5, 5.41) is 4.01. The maximum Gasteiger partial charge on any atom is 0.0550 e. The van der Waals surface area contributed by atoms with E-state index < -0.39 is 0 Å². The van der Waals surface area contributed by atoms with E-state index in [1.807, 2.05) is 12.4 Å². The summed E-state index contributed by atoms with van der Waals surface area (Å²) in [6.07, 6.45) is 15.1. The first-order valence-electron chi connectivity index (χ1n) is 16.0. The normalized spacial score (nSPS) is 13.9. The Bertz CT molecular complexity index is 2290. The lowest BCUT2D eigenvalue weighted by Crippen LogP contribution is -2.04. The quantitative estimate of drug-likeness (QED) is 0.204. The van der Waals surface area contributed by atoms with Gasteiger partial charge in [-0.3, -0.25) is 4.98 Å². The van der Waals surface area contributed by atoms with Gasteiger partial charge in [0.25, 0.3) is 0 Å². The summed E-state index contributed by atoms with van der Waals surface area (Å²) in [5.41, 5.74) is 15.7. The summed E-state index contributed by atoms with van der Waals surface area (Å²) in [5.74, 6) is 0. The molecule has 2 nitrogen and oxygen atoms in total. The zero-order valence-electron chi connectivity index (χ0n) is 25.1. The fourth-order valence-electron chi connectivity index (χ4n) is 7.49. The number of aryl methyl sites for hydroxylation is 2. The molecule has 2 aromatic heterocycles. The molecule has 7 aromatic rings. The molecule has 0 fully saturated rings. The van der Waals surface area contributed by atoms with E-state index in [4.69, 9.17) is 0 Å². The highest BCUT2D eigenvalue weighted by molar-refractivity contribution is 6.16. The molecule has 2 heterocycles. The molecule has 2 aliphatic carbocycles. The van der Waals surface area contributed by atoms with Gasteiger partial charge in [-0.1, -0.05) is 97.1 Å². The molecule has 0 bridgehead atoms. The van der Waals surface area contributed by atoms with E-state index in [0.29, 0.717) is 0 Å². The highest BCUT2D eigenvalue weighted by Crippen LogP contribution is 2.44. The van der Waals surface area contributed by atoms with Gasteiger partial charge in [-0.05, 0) is 123 Å². The van der Waals surface area contributed by atoms with Crippen molar-refractivity contribution in [1.29, 1.82) is 0 Å². The van der Waals surface area contributed by atoms with Crippen molar-refractivity contribution in [2.75, 3.05) is 0 Å². The van der Waals surface area contributed by atoms with Crippen LogP contribution in [0.5, 0.6) is 0 Å². The third-order valence-electron chi connectivity index (χ3n) is 9.69. The molecule has 0 saturated heterocycles. The fraction of sp³-hybridized carbons (Fsp3) is 0.0930. The van der Waals surface area contributed by atoms with Crippen molar-refractivity contribution in [1.82, 2.24) is 9.55 Å². The van der Waals surface area contributed by atoms with Crippen molar-refractivity contribution >= 4 is 39.4 Å². The molecule has 0 unspecified atom stereocenters. The zero-order chi connectivity index (χ0) is 29.7. The van der Waals surface area contributed by atoms with Crippen LogP contribution in [0.4, 0.5) is 0 Å². The number of hydrogen-bond donors (Lipinski definition) is 0. The van der Waals surface area contributed by atoms with E-state index in [9.17, 15) is 0 Å². The SMILES string of the molecule is C1=Cc2ccc(C3=Cc4c(c5c6ccccc6c(-c6ccc(-c7ccncc7)cc6)cc5n4-c4ccccc4)CC3)cc2CC1. The predicted octanol–water partition coefficient (Wildman–Crippen LogP) is 11.0. The van der Waals surface area contributed by atoms with Crippen LogP contribution in [0.15, 0.2) is 134 Å². The van der Waals surface area contributed by atoms with Gasteiger partial charge in [0.1, 0.15) is 0 Å². The second-order valence-corrected chi connectivity index (χ2v) is 12.2. The van der Waals surface area contributed by atoms with Crippen molar-refractivity contribution in [3.05, 3.63) is 162 Å².